The molecule has 2 rings (SSSR count). The molecule has 5 heteroatoms. The molecule has 1 N–H and O–H groups in total. The van der Waals surface area contributed by atoms with Gasteiger partial charge in [-0.3, -0.25) is 0 Å². The van der Waals surface area contributed by atoms with E-state index in [9.17, 15) is 8.42 Å². The second-order valence-corrected chi connectivity index (χ2v) is 9.89. The summed E-state index contributed by atoms with van der Waals surface area (Å²) in [7, 11) is 0.124. The van der Waals surface area contributed by atoms with Crippen LogP contribution in [-0.2, 0) is 10.0 Å². The van der Waals surface area contributed by atoms with Crippen LogP contribution in [0.15, 0.2) is 60.7 Å². The van der Waals surface area contributed by atoms with Gasteiger partial charge in [-0.05, 0) is 23.6 Å². The quantitative estimate of drug-likeness (QED) is 0.797. The Morgan fingerprint density at radius 3 is 1.81 bits per heavy atom. The van der Waals surface area contributed by atoms with Crippen molar-refractivity contribution in [3.63, 3.8) is 0 Å². The molecular weight excluding hydrogens is 344 g/mol. The molecule has 0 radical (unpaired) electrons. The van der Waals surface area contributed by atoms with Gasteiger partial charge in [0.15, 0.2) is 0 Å². The third-order valence-electron chi connectivity index (χ3n) is 4.37. The lowest BCUT2D eigenvalue weighted by Gasteiger charge is -2.36. The zero-order chi connectivity index (χ0) is 19.4. The Morgan fingerprint density at radius 1 is 0.923 bits per heavy atom. The van der Waals surface area contributed by atoms with E-state index < -0.39 is 10.0 Å². The molecule has 0 saturated carbocycles. The molecule has 4 nitrogen and oxygen atoms in total. The van der Waals surface area contributed by atoms with E-state index in [1.165, 1.54) is 4.31 Å². The van der Waals surface area contributed by atoms with Crippen LogP contribution in [-0.4, -0.2) is 32.6 Å². The van der Waals surface area contributed by atoms with E-state index in [1.807, 2.05) is 88.5 Å². The smallest absolute Gasteiger partial charge is 0.214 e. The topological polar surface area (TPSA) is 49.4 Å². The lowest BCUT2D eigenvalue weighted by Crippen LogP contribution is -2.41. The van der Waals surface area contributed by atoms with E-state index >= 15 is 0 Å². The van der Waals surface area contributed by atoms with Crippen LogP contribution in [0.5, 0.6) is 0 Å². The van der Waals surface area contributed by atoms with Gasteiger partial charge in [0.05, 0.1) is 17.8 Å². The maximum atomic E-state index is 13.1. The number of sulfonamides is 1. The minimum Gasteiger partial charge on any atom is -0.311 e. The monoisotopic (exact) mass is 374 g/mol. The summed E-state index contributed by atoms with van der Waals surface area (Å²) < 4.78 is 27.8. The summed E-state index contributed by atoms with van der Waals surface area (Å²) in [6.07, 6.45) is 0. The van der Waals surface area contributed by atoms with Crippen LogP contribution >= 0.6 is 0 Å². The summed E-state index contributed by atoms with van der Waals surface area (Å²) in [4.78, 5) is 0. The molecule has 0 saturated heterocycles. The summed E-state index contributed by atoms with van der Waals surface area (Å²) in [6, 6.07) is 19.3. The number of hydrogen-bond donors (Lipinski definition) is 1. The van der Waals surface area contributed by atoms with Crippen LogP contribution in [0.2, 0.25) is 0 Å². The summed E-state index contributed by atoms with van der Waals surface area (Å²) in [6.45, 7) is 5.84. The normalized spacial score (nSPS) is 15.0. The van der Waals surface area contributed by atoms with Gasteiger partial charge in [-0.25, -0.2) is 8.42 Å². The number of nitrogens with one attached hydrogen (secondary N) is 1. The van der Waals surface area contributed by atoms with E-state index in [0.29, 0.717) is 0 Å². The lowest BCUT2D eigenvalue weighted by atomic mass is 9.93. The predicted octanol–water partition coefficient (Wildman–Crippen LogP) is 4.00. The van der Waals surface area contributed by atoms with Gasteiger partial charge in [-0.15, -0.1) is 0 Å². The average molecular weight is 375 g/mol. The molecule has 0 aliphatic heterocycles. The Labute approximate surface area is 158 Å². The van der Waals surface area contributed by atoms with E-state index in [0.717, 1.165) is 11.1 Å². The standard InChI is InChI=1S/C21H30N2O2S/c1-21(2,3)16-26(24,25)23(5)20(18-14-10-7-11-15-18)19(22-4)17-12-8-6-9-13-17/h6-15,19-20,22H,16H2,1-5H3. The van der Waals surface area contributed by atoms with Gasteiger partial charge in [-0.1, -0.05) is 81.4 Å². The molecular formula is C21H30N2O2S. The molecule has 2 aromatic carbocycles. The van der Waals surface area contributed by atoms with Crippen LogP contribution in [0.1, 0.15) is 44.0 Å². The van der Waals surface area contributed by atoms with Crippen molar-refractivity contribution in [1.82, 2.24) is 9.62 Å². The van der Waals surface area contributed by atoms with E-state index in [1.54, 1.807) is 7.05 Å². The number of hydrogen-bond acceptors (Lipinski definition) is 3. The largest absolute Gasteiger partial charge is 0.311 e. The first-order valence-electron chi connectivity index (χ1n) is 8.88. The molecule has 26 heavy (non-hydrogen) atoms. The summed E-state index contributed by atoms with van der Waals surface area (Å²) >= 11 is 0. The van der Waals surface area contributed by atoms with Gasteiger partial charge in [0.2, 0.25) is 10.0 Å². The van der Waals surface area contributed by atoms with Gasteiger partial charge in [0.25, 0.3) is 0 Å². The Balaban J connectivity index is 2.51. The number of nitrogens with zero attached hydrogens (tertiary/aromatic N) is 1. The van der Waals surface area contributed by atoms with Crippen molar-refractivity contribution in [2.24, 2.45) is 5.41 Å². The molecule has 2 aromatic rings. The maximum Gasteiger partial charge on any atom is 0.214 e. The number of likely N-dealkylation sites (N-methyl/N-ethyl adjacent to an activating group) is 2. The van der Waals surface area contributed by atoms with Crippen LogP contribution in [0, 0.1) is 5.41 Å². The SMILES string of the molecule is CNC(c1ccccc1)C(c1ccccc1)N(C)S(=O)(=O)CC(C)(C)C. The second kappa shape index (κ2) is 8.33. The highest BCUT2D eigenvalue weighted by Gasteiger charge is 2.35. The molecule has 0 heterocycles. The van der Waals surface area contributed by atoms with Crippen molar-refractivity contribution in [1.29, 1.82) is 0 Å². The van der Waals surface area contributed by atoms with E-state index in [2.05, 4.69) is 5.32 Å². The molecule has 0 bridgehead atoms. The molecule has 2 atom stereocenters. The fraction of sp³-hybridized carbons (Fsp3) is 0.429. The molecule has 0 fully saturated rings. The number of benzene rings is 2. The van der Waals surface area contributed by atoms with Gasteiger partial charge in [0.1, 0.15) is 0 Å². The highest BCUT2D eigenvalue weighted by Crippen LogP contribution is 2.35. The summed E-state index contributed by atoms with van der Waals surface area (Å²) in [5.41, 5.74) is 1.72. The minimum absolute atomic E-state index is 0.102. The predicted molar refractivity (Wildman–Crippen MR) is 108 cm³/mol. The van der Waals surface area contributed by atoms with Gasteiger partial charge in [-0.2, -0.15) is 4.31 Å². The van der Waals surface area contributed by atoms with Crippen molar-refractivity contribution < 1.29 is 8.42 Å². The van der Waals surface area contributed by atoms with Crippen molar-refractivity contribution >= 4 is 10.0 Å². The first-order valence-corrected chi connectivity index (χ1v) is 10.5. The number of rotatable bonds is 7. The lowest BCUT2D eigenvalue weighted by molar-refractivity contribution is 0.296. The van der Waals surface area contributed by atoms with Crippen molar-refractivity contribution in [3.8, 4) is 0 Å². The van der Waals surface area contributed by atoms with Crippen molar-refractivity contribution in [2.75, 3.05) is 19.8 Å². The summed E-state index contributed by atoms with van der Waals surface area (Å²) in [5.74, 6) is 0.102. The van der Waals surface area contributed by atoms with E-state index in [4.69, 9.17) is 0 Å². The first-order chi connectivity index (χ1) is 12.2. The summed E-state index contributed by atoms with van der Waals surface area (Å²) in [5, 5.41) is 3.33. The fourth-order valence-electron chi connectivity index (χ4n) is 3.25. The zero-order valence-corrected chi connectivity index (χ0v) is 17.1. The van der Waals surface area contributed by atoms with Gasteiger partial charge < -0.3 is 5.32 Å². The Morgan fingerprint density at radius 2 is 1.38 bits per heavy atom. The molecule has 142 valence electrons. The fourth-order valence-corrected chi connectivity index (χ4v) is 5.14. The average Bonchev–Trinajstić information content (AvgIpc) is 2.58. The third kappa shape index (κ3) is 5.16. The Bertz CT molecular complexity index is 784. The maximum absolute atomic E-state index is 13.1. The third-order valence-corrected chi connectivity index (χ3v) is 6.71. The van der Waals surface area contributed by atoms with Crippen LogP contribution < -0.4 is 5.32 Å². The Hall–Kier alpha value is -1.69. The highest BCUT2D eigenvalue weighted by atomic mass is 32.2. The molecule has 2 unspecified atom stereocenters. The van der Waals surface area contributed by atoms with E-state index in [-0.39, 0.29) is 23.3 Å². The Kier molecular flexibility index (Phi) is 6.61. The molecule has 0 aliphatic carbocycles. The van der Waals surface area contributed by atoms with Crippen LogP contribution in [0.4, 0.5) is 0 Å². The van der Waals surface area contributed by atoms with Gasteiger partial charge >= 0.3 is 0 Å². The molecule has 0 spiro atoms. The zero-order valence-electron chi connectivity index (χ0n) is 16.3. The molecule has 0 aromatic heterocycles. The van der Waals surface area contributed by atoms with Crippen LogP contribution in [0.3, 0.4) is 0 Å². The molecule has 0 amide bonds. The van der Waals surface area contributed by atoms with Crippen LogP contribution in [0.25, 0.3) is 0 Å². The minimum atomic E-state index is -3.44. The highest BCUT2D eigenvalue weighted by molar-refractivity contribution is 7.89. The van der Waals surface area contributed by atoms with Crippen molar-refractivity contribution in [2.45, 2.75) is 32.9 Å². The van der Waals surface area contributed by atoms with Crippen molar-refractivity contribution in [3.05, 3.63) is 71.8 Å². The molecule has 0 aliphatic rings. The first kappa shape index (κ1) is 20.6. The van der Waals surface area contributed by atoms with Gasteiger partial charge in [0, 0.05) is 7.05 Å². The second-order valence-electron chi connectivity index (χ2n) is 7.87.